The van der Waals surface area contributed by atoms with E-state index in [-0.39, 0.29) is 18.4 Å². The van der Waals surface area contributed by atoms with Crippen LogP contribution in [0.3, 0.4) is 0 Å². The summed E-state index contributed by atoms with van der Waals surface area (Å²) >= 11 is 0. The Balaban J connectivity index is 2.55. The molecule has 1 aromatic rings. The Labute approximate surface area is 120 Å². The highest BCUT2D eigenvalue weighted by Crippen LogP contribution is 2.16. The molecule has 0 unspecified atom stereocenters. The molecule has 1 N–H and O–H groups in total. The van der Waals surface area contributed by atoms with Crippen molar-refractivity contribution in [1.29, 1.82) is 5.26 Å². The average molecular weight is 275 g/mol. The molecule has 0 saturated heterocycles. The predicted octanol–water partition coefficient (Wildman–Crippen LogP) is 2.12. The van der Waals surface area contributed by atoms with Gasteiger partial charge in [-0.2, -0.15) is 5.26 Å². The third-order valence-corrected chi connectivity index (χ3v) is 2.92. The summed E-state index contributed by atoms with van der Waals surface area (Å²) in [5.41, 5.74) is 0.707. The number of benzene rings is 1. The molecular weight excluding hydrogens is 254 g/mol. The number of nitrogens with zero attached hydrogens (tertiary/aromatic N) is 2. The minimum Gasteiger partial charge on any atom is -0.497 e. The monoisotopic (exact) mass is 275 g/mol. The Bertz CT molecular complexity index is 482. The van der Waals surface area contributed by atoms with E-state index in [2.05, 4.69) is 11.4 Å². The summed E-state index contributed by atoms with van der Waals surface area (Å²) in [7, 11) is 1.59. The molecule has 1 rings (SSSR count). The zero-order chi connectivity index (χ0) is 15.0. The number of anilines is 1. The second kappa shape index (κ2) is 8.18. The van der Waals surface area contributed by atoms with Gasteiger partial charge in [-0.15, -0.1) is 0 Å². The van der Waals surface area contributed by atoms with Crippen LogP contribution in [0.4, 0.5) is 5.69 Å². The van der Waals surface area contributed by atoms with Crippen molar-refractivity contribution in [3.8, 4) is 11.8 Å². The van der Waals surface area contributed by atoms with E-state index in [1.165, 1.54) is 0 Å². The van der Waals surface area contributed by atoms with Gasteiger partial charge in [-0.1, -0.05) is 13.0 Å². The van der Waals surface area contributed by atoms with E-state index in [1.807, 2.05) is 36.9 Å². The lowest BCUT2D eigenvalue weighted by Crippen LogP contribution is -2.35. The van der Waals surface area contributed by atoms with Crippen LogP contribution in [0.15, 0.2) is 24.3 Å². The maximum atomic E-state index is 12.0. The fourth-order valence-electron chi connectivity index (χ4n) is 1.84. The Morgan fingerprint density at radius 2 is 2.30 bits per heavy atom. The number of rotatable bonds is 7. The molecule has 5 heteroatoms. The van der Waals surface area contributed by atoms with E-state index in [1.54, 1.807) is 13.2 Å². The number of likely N-dealkylation sites (N-methyl/N-ethyl adjacent to an activating group) is 1. The van der Waals surface area contributed by atoms with E-state index in [0.717, 1.165) is 6.54 Å². The Morgan fingerprint density at radius 3 is 2.90 bits per heavy atom. The van der Waals surface area contributed by atoms with Crippen molar-refractivity contribution >= 4 is 11.6 Å². The van der Waals surface area contributed by atoms with Crippen LogP contribution >= 0.6 is 0 Å². The fourth-order valence-corrected chi connectivity index (χ4v) is 1.84. The summed E-state index contributed by atoms with van der Waals surface area (Å²) in [5.74, 6) is 0.526. The highest BCUT2D eigenvalue weighted by atomic mass is 16.5. The molecule has 0 heterocycles. The number of hydrogen-bond acceptors (Lipinski definition) is 4. The third kappa shape index (κ3) is 5.29. The number of amides is 1. The zero-order valence-corrected chi connectivity index (χ0v) is 12.2. The first kappa shape index (κ1) is 16.0. The van der Waals surface area contributed by atoms with Crippen molar-refractivity contribution in [3.05, 3.63) is 24.3 Å². The number of ether oxygens (including phenoxy) is 1. The molecule has 0 bridgehead atoms. The van der Waals surface area contributed by atoms with Crippen molar-refractivity contribution in [2.45, 2.75) is 13.8 Å². The molecule has 0 spiro atoms. The van der Waals surface area contributed by atoms with E-state index >= 15 is 0 Å². The van der Waals surface area contributed by atoms with Crippen LogP contribution in [0.25, 0.3) is 0 Å². The Kier molecular flexibility index (Phi) is 6.54. The second-order valence-electron chi connectivity index (χ2n) is 4.64. The number of hydrogen-bond donors (Lipinski definition) is 1. The van der Waals surface area contributed by atoms with Crippen LogP contribution in [0.5, 0.6) is 5.75 Å². The molecule has 0 saturated carbocycles. The molecule has 0 fully saturated rings. The maximum absolute atomic E-state index is 12.0. The zero-order valence-electron chi connectivity index (χ0n) is 12.2. The van der Waals surface area contributed by atoms with Crippen LogP contribution in [-0.2, 0) is 4.79 Å². The molecule has 1 amide bonds. The first-order valence-electron chi connectivity index (χ1n) is 6.65. The average Bonchev–Trinajstić information content (AvgIpc) is 2.46. The topological polar surface area (TPSA) is 65.4 Å². The lowest BCUT2D eigenvalue weighted by Gasteiger charge is -2.20. The summed E-state index contributed by atoms with van der Waals surface area (Å²) in [6, 6.07) is 9.41. The molecule has 0 aromatic heterocycles. The van der Waals surface area contributed by atoms with Crippen LogP contribution in [-0.4, -0.2) is 37.6 Å². The minimum atomic E-state index is -0.0924. The van der Waals surface area contributed by atoms with Gasteiger partial charge in [0.05, 0.1) is 25.6 Å². The van der Waals surface area contributed by atoms with Gasteiger partial charge in [0.15, 0.2) is 0 Å². The highest BCUT2D eigenvalue weighted by molar-refractivity contribution is 5.92. The second-order valence-corrected chi connectivity index (χ2v) is 4.64. The van der Waals surface area contributed by atoms with Gasteiger partial charge in [0.2, 0.25) is 5.91 Å². The van der Waals surface area contributed by atoms with Gasteiger partial charge in [-0.05, 0) is 25.6 Å². The highest BCUT2D eigenvalue weighted by Gasteiger charge is 2.12. The van der Waals surface area contributed by atoms with Crippen LogP contribution in [0.2, 0.25) is 0 Å². The fraction of sp³-hybridized carbons (Fsp3) is 0.467. The Hall–Kier alpha value is -2.06. The quantitative estimate of drug-likeness (QED) is 0.827. The lowest BCUT2D eigenvalue weighted by molar-refractivity contribution is -0.117. The van der Waals surface area contributed by atoms with Gasteiger partial charge in [0, 0.05) is 18.3 Å². The standard InChI is InChI=1S/C15H21N3O2/c1-4-18(10-12(2)9-16)11-15(19)17-13-6-5-7-14(8-13)20-3/h5-8,12H,4,10-11H2,1-3H3,(H,17,19)/t12-/m0/s1. The van der Waals surface area contributed by atoms with Gasteiger partial charge in [-0.25, -0.2) is 0 Å². The SMILES string of the molecule is CCN(CC(=O)Nc1cccc(OC)c1)C[C@@H](C)C#N. The minimum absolute atomic E-state index is 0.0837. The molecule has 0 aliphatic rings. The van der Waals surface area contributed by atoms with E-state index in [9.17, 15) is 4.79 Å². The summed E-state index contributed by atoms with van der Waals surface area (Å²) < 4.78 is 5.11. The lowest BCUT2D eigenvalue weighted by atomic mass is 10.2. The molecule has 0 aliphatic heterocycles. The molecule has 1 atom stereocenters. The van der Waals surface area contributed by atoms with E-state index in [0.29, 0.717) is 18.0 Å². The maximum Gasteiger partial charge on any atom is 0.238 e. The van der Waals surface area contributed by atoms with Crippen molar-refractivity contribution in [3.63, 3.8) is 0 Å². The summed E-state index contributed by atoms with van der Waals surface area (Å²) in [6.07, 6.45) is 0. The molecular formula is C15H21N3O2. The third-order valence-electron chi connectivity index (χ3n) is 2.92. The summed E-state index contributed by atoms with van der Waals surface area (Å²) in [5, 5.41) is 11.6. The molecule has 108 valence electrons. The number of carbonyl (C=O) groups is 1. The predicted molar refractivity (Wildman–Crippen MR) is 78.5 cm³/mol. The largest absolute Gasteiger partial charge is 0.497 e. The van der Waals surface area contributed by atoms with Crippen LogP contribution in [0, 0.1) is 17.2 Å². The van der Waals surface area contributed by atoms with Gasteiger partial charge in [0.1, 0.15) is 5.75 Å². The normalized spacial score (nSPS) is 11.8. The smallest absolute Gasteiger partial charge is 0.238 e. The Morgan fingerprint density at radius 1 is 1.55 bits per heavy atom. The van der Waals surface area contributed by atoms with Crippen molar-refractivity contribution in [2.75, 3.05) is 32.1 Å². The molecule has 1 aromatic carbocycles. The molecule has 20 heavy (non-hydrogen) atoms. The first-order chi connectivity index (χ1) is 9.58. The number of nitrogens with one attached hydrogen (secondary N) is 1. The summed E-state index contributed by atoms with van der Waals surface area (Å²) in [4.78, 5) is 13.9. The van der Waals surface area contributed by atoms with Gasteiger partial charge >= 0.3 is 0 Å². The summed E-state index contributed by atoms with van der Waals surface area (Å²) in [6.45, 7) is 5.43. The molecule has 0 radical (unpaired) electrons. The molecule has 5 nitrogen and oxygen atoms in total. The van der Waals surface area contributed by atoms with Crippen molar-refractivity contribution in [2.24, 2.45) is 5.92 Å². The number of methoxy groups -OCH3 is 1. The number of nitriles is 1. The van der Waals surface area contributed by atoms with Crippen molar-refractivity contribution < 1.29 is 9.53 Å². The first-order valence-corrected chi connectivity index (χ1v) is 6.65. The van der Waals surface area contributed by atoms with Crippen LogP contribution < -0.4 is 10.1 Å². The molecule has 0 aliphatic carbocycles. The van der Waals surface area contributed by atoms with Crippen molar-refractivity contribution in [1.82, 2.24) is 4.90 Å². The van der Waals surface area contributed by atoms with Crippen LogP contribution in [0.1, 0.15) is 13.8 Å². The number of carbonyl (C=O) groups excluding carboxylic acids is 1. The van der Waals surface area contributed by atoms with E-state index < -0.39 is 0 Å². The van der Waals surface area contributed by atoms with E-state index in [4.69, 9.17) is 10.00 Å². The van der Waals surface area contributed by atoms with Gasteiger partial charge in [-0.3, -0.25) is 9.69 Å². The van der Waals surface area contributed by atoms with Gasteiger partial charge in [0.25, 0.3) is 0 Å². The van der Waals surface area contributed by atoms with Gasteiger partial charge < -0.3 is 10.1 Å².